The van der Waals surface area contributed by atoms with Crippen LogP contribution in [0.25, 0.3) is 11.7 Å². The van der Waals surface area contributed by atoms with E-state index in [9.17, 15) is 23.3 Å². The molecule has 3 aromatic rings. The average Bonchev–Trinajstić information content (AvgIpc) is 3.18. The number of rotatable bonds is 6. The van der Waals surface area contributed by atoms with Crippen LogP contribution in [0.4, 0.5) is 0 Å². The summed E-state index contributed by atoms with van der Waals surface area (Å²) in [7, 11) is -1.69. The molecule has 1 aliphatic rings. The van der Waals surface area contributed by atoms with Crippen LogP contribution < -0.4 is 20.3 Å². The van der Waals surface area contributed by atoms with Crippen LogP contribution in [0.3, 0.4) is 0 Å². The molecule has 0 saturated carbocycles. The first-order valence-electron chi connectivity index (χ1n) is 10.7. The normalized spacial score (nSPS) is 17.1. The van der Waals surface area contributed by atoms with Crippen molar-refractivity contribution < 1.29 is 22.7 Å². The smallest absolute Gasteiger partial charge is 0.269 e. The third-order valence-corrected chi connectivity index (χ3v) is 7.31. The number of sulfone groups is 1. The van der Waals surface area contributed by atoms with Crippen molar-refractivity contribution in [3.8, 4) is 23.4 Å². The Kier molecular flexibility index (Phi) is 6.57. The number of aromatic nitrogens is 2. The highest BCUT2D eigenvalue weighted by Crippen LogP contribution is 2.26. The van der Waals surface area contributed by atoms with Crippen LogP contribution in [0, 0.1) is 18.3 Å². The fraction of sp³-hybridized carbons (Fsp3) is 0.250. The Morgan fingerprint density at radius 1 is 1.26 bits per heavy atom. The number of fused-ring (bicyclic) bond motifs is 1. The van der Waals surface area contributed by atoms with Gasteiger partial charge in [0.05, 0.1) is 18.6 Å². The Labute approximate surface area is 201 Å². The van der Waals surface area contributed by atoms with Crippen molar-refractivity contribution >= 4 is 27.5 Å². The standard InChI is InChI=1S/C24H22N4O6S/c1-15-4-3-10-28-21(15)27-23(34-19-7-5-18(33-2)6-8-19)20(24(28)30)12-16(13-25)22(29)26-17-9-11-35(31,32)14-17/h3-8,10,12,17H,9,11,14H2,1-2H3,(H,26,29)/b16-12+. The Balaban J connectivity index is 1.77. The number of nitrogens with one attached hydrogen (secondary N) is 1. The molecule has 2 aromatic heterocycles. The highest BCUT2D eigenvalue weighted by Gasteiger charge is 2.30. The van der Waals surface area contributed by atoms with E-state index in [1.54, 1.807) is 49.4 Å². The minimum atomic E-state index is -3.22. The van der Waals surface area contributed by atoms with E-state index in [4.69, 9.17) is 9.47 Å². The quantitative estimate of drug-likeness (QED) is 0.405. The van der Waals surface area contributed by atoms with Gasteiger partial charge in [0.1, 0.15) is 34.4 Å². The monoisotopic (exact) mass is 494 g/mol. The van der Waals surface area contributed by atoms with E-state index in [-0.39, 0.29) is 34.9 Å². The number of methoxy groups -OCH3 is 1. The van der Waals surface area contributed by atoms with Crippen LogP contribution >= 0.6 is 0 Å². The summed E-state index contributed by atoms with van der Waals surface area (Å²) < 4.78 is 35.7. The van der Waals surface area contributed by atoms with E-state index in [0.29, 0.717) is 17.1 Å². The van der Waals surface area contributed by atoms with Crippen molar-refractivity contribution in [2.24, 2.45) is 0 Å². The number of ether oxygens (including phenoxy) is 2. The molecule has 0 radical (unpaired) electrons. The number of hydrogen-bond donors (Lipinski definition) is 1. The van der Waals surface area contributed by atoms with Gasteiger partial charge in [-0.1, -0.05) is 6.07 Å². The molecule has 1 aromatic carbocycles. The summed E-state index contributed by atoms with van der Waals surface area (Å²) in [5, 5.41) is 12.2. The second kappa shape index (κ2) is 9.60. The van der Waals surface area contributed by atoms with Crippen molar-refractivity contribution in [2.75, 3.05) is 18.6 Å². The molecular weight excluding hydrogens is 472 g/mol. The van der Waals surface area contributed by atoms with Crippen molar-refractivity contribution in [3.05, 3.63) is 69.6 Å². The van der Waals surface area contributed by atoms with E-state index in [1.807, 2.05) is 0 Å². The van der Waals surface area contributed by atoms with E-state index in [1.165, 1.54) is 17.7 Å². The molecule has 1 aliphatic heterocycles. The van der Waals surface area contributed by atoms with E-state index in [0.717, 1.165) is 11.6 Å². The largest absolute Gasteiger partial charge is 0.497 e. The molecule has 1 saturated heterocycles. The van der Waals surface area contributed by atoms with Gasteiger partial charge in [0.2, 0.25) is 5.88 Å². The van der Waals surface area contributed by atoms with Gasteiger partial charge >= 0.3 is 0 Å². The lowest BCUT2D eigenvalue weighted by atomic mass is 10.1. The number of aryl methyl sites for hydroxylation is 1. The minimum absolute atomic E-state index is 0.0291. The Hall–Kier alpha value is -4.17. The highest BCUT2D eigenvalue weighted by atomic mass is 32.2. The van der Waals surface area contributed by atoms with Crippen molar-refractivity contribution in [1.82, 2.24) is 14.7 Å². The van der Waals surface area contributed by atoms with E-state index >= 15 is 0 Å². The Morgan fingerprint density at radius 3 is 2.60 bits per heavy atom. The number of nitrogens with zero attached hydrogens (tertiary/aromatic N) is 3. The van der Waals surface area contributed by atoms with Gasteiger partial charge in [-0.3, -0.25) is 14.0 Å². The predicted octanol–water partition coefficient (Wildman–Crippen LogP) is 2.01. The molecule has 11 heteroatoms. The molecular formula is C24H22N4O6S. The zero-order valence-corrected chi connectivity index (χ0v) is 19.8. The van der Waals surface area contributed by atoms with Gasteiger partial charge in [-0.25, -0.2) is 8.42 Å². The molecule has 1 unspecified atom stereocenters. The molecule has 10 nitrogen and oxygen atoms in total. The molecule has 0 spiro atoms. The Bertz CT molecular complexity index is 1540. The first-order chi connectivity index (χ1) is 16.7. The zero-order valence-electron chi connectivity index (χ0n) is 19.0. The van der Waals surface area contributed by atoms with E-state index < -0.39 is 27.3 Å². The van der Waals surface area contributed by atoms with Gasteiger partial charge in [-0.15, -0.1) is 0 Å². The second-order valence-corrected chi connectivity index (χ2v) is 10.3. The lowest BCUT2D eigenvalue weighted by Gasteiger charge is -2.13. The number of nitriles is 1. The number of carbonyl (C=O) groups excluding carboxylic acids is 1. The molecule has 0 bridgehead atoms. The lowest BCUT2D eigenvalue weighted by Crippen LogP contribution is -2.36. The van der Waals surface area contributed by atoms with Crippen LogP contribution in [-0.4, -0.2) is 48.4 Å². The maximum absolute atomic E-state index is 13.4. The lowest BCUT2D eigenvalue weighted by molar-refractivity contribution is -0.117. The maximum atomic E-state index is 13.4. The zero-order chi connectivity index (χ0) is 25.2. The van der Waals surface area contributed by atoms with Crippen LogP contribution in [-0.2, 0) is 14.6 Å². The average molecular weight is 495 g/mol. The van der Waals surface area contributed by atoms with Crippen LogP contribution in [0.5, 0.6) is 17.4 Å². The third kappa shape index (κ3) is 5.17. The summed E-state index contributed by atoms with van der Waals surface area (Å²) in [5.41, 5.74) is 0.0685. The molecule has 4 rings (SSSR count). The molecule has 180 valence electrons. The molecule has 1 amide bonds. The van der Waals surface area contributed by atoms with Gasteiger partial charge in [-0.05, 0) is 55.3 Å². The van der Waals surface area contributed by atoms with Crippen molar-refractivity contribution in [2.45, 2.75) is 19.4 Å². The molecule has 0 aliphatic carbocycles. The second-order valence-electron chi connectivity index (χ2n) is 8.04. The van der Waals surface area contributed by atoms with Gasteiger partial charge in [0.25, 0.3) is 11.5 Å². The van der Waals surface area contributed by atoms with Gasteiger partial charge in [0.15, 0.2) is 9.84 Å². The first-order valence-corrected chi connectivity index (χ1v) is 12.5. The summed E-state index contributed by atoms with van der Waals surface area (Å²) in [5.74, 6) is -0.111. The van der Waals surface area contributed by atoms with Crippen LogP contribution in [0.1, 0.15) is 17.5 Å². The topological polar surface area (TPSA) is 140 Å². The third-order valence-electron chi connectivity index (χ3n) is 5.54. The SMILES string of the molecule is COc1ccc(Oc2nc3c(C)cccn3c(=O)c2/C=C(\C#N)C(=O)NC2CCS(=O)(=O)C2)cc1. The van der Waals surface area contributed by atoms with Crippen LogP contribution in [0.2, 0.25) is 0 Å². The molecule has 1 fully saturated rings. The fourth-order valence-corrected chi connectivity index (χ4v) is 5.39. The summed E-state index contributed by atoms with van der Waals surface area (Å²) in [6, 6.07) is 11.3. The predicted molar refractivity (Wildman–Crippen MR) is 128 cm³/mol. The number of carbonyl (C=O) groups is 1. The van der Waals surface area contributed by atoms with Gasteiger partial charge in [-0.2, -0.15) is 10.2 Å². The molecule has 3 heterocycles. The molecule has 35 heavy (non-hydrogen) atoms. The summed E-state index contributed by atoms with van der Waals surface area (Å²) in [6.45, 7) is 1.79. The van der Waals surface area contributed by atoms with Crippen molar-refractivity contribution in [3.63, 3.8) is 0 Å². The number of hydrogen-bond acceptors (Lipinski definition) is 8. The number of pyridine rings is 1. The molecule has 1 atom stereocenters. The highest BCUT2D eigenvalue weighted by molar-refractivity contribution is 7.91. The fourth-order valence-electron chi connectivity index (χ4n) is 3.71. The number of benzene rings is 1. The summed E-state index contributed by atoms with van der Waals surface area (Å²) >= 11 is 0. The Morgan fingerprint density at radius 2 is 1.97 bits per heavy atom. The number of amides is 1. The van der Waals surface area contributed by atoms with Crippen LogP contribution in [0.15, 0.2) is 53.0 Å². The maximum Gasteiger partial charge on any atom is 0.269 e. The van der Waals surface area contributed by atoms with E-state index in [2.05, 4.69) is 10.3 Å². The molecule has 1 N–H and O–H groups in total. The summed E-state index contributed by atoms with van der Waals surface area (Å²) in [4.78, 5) is 30.6. The minimum Gasteiger partial charge on any atom is -0.497 e. The first kappa shape index (κ1) is 24.0. The van der Waals surface area contributed by atoms with Crippen molar-refractivity contribution in [1.29, 1.82) is 5.26 Å². The van der Waals surface area contributed by atoms with Gasteiger partial charge in [0, 0.05) is 12.2 Å². The summed E-state index contributed by atoms with van der Waals surface area (Å²) in [6.07, 6.45) is 2.90. The van der Waals surface area contributed by atoms with Gasteiger partial charge < -0.3 is 14.8 Å².